The normalized spacial score (nSPS) is 20.4. The van der Waals surface area contributed by atoms with Crippen molar-refractivity contribution in [2.75, 3.05) is 23.0 Å². The average Bonchev–Trinajstić information content (AvgIpc) is 2.30. The maximum atomic E-state index is 14.0. The highest BCUT2D eigenvalue weighted by molar-refractivity contribution is 7.99. The van der Waals surface area contributed by atoms with Gasteiger partial charge >= 0.3 is 0 Å². The van der Waals surface area contributed by atoms with Crippen molar-refractivity contribution in [2.24, 2.45) is 0 Å². The highest BCUT2D eigenvalue weighted by Gasteiger charge is 2.25. The quantitative estimate of drug-likeness (QED) is 0.756. The summed E-state index contributed by atoms with van der Waals surface area (Å²) in [5.41, 5.74) is 0.969. The van der Waals surface area contributed by atoms with Gasteiger partial charge in [-0.15, -0.1) is 0 Å². The number of hydrogen-bond donors (Lipinski definition) is 0. The minimum Gasteiger partial charge on any atom is -0.364 e. The Hall–Kier alpha value is -1.03. The van der Waals surface area contributed by atoms with Crippen LogP contribution in [0.1, 0.15) is 24.2 Å². The molecule has 1 unspecified atom stereocenters. The second-order valence-electron chi connectivity index (χ2n) is 4.31. The van der Waals surface area contributed by atoms with Crippen LogP contribution in [0.2, 0.25) is 0 Å². The molecule has 2 nitrogen and oxygen atoms in total. The predicted molar refractivity (Wildman–Crippen MR) is 70.5 cm³/mol. The first-order valence-corrected chi connectivity index (χ1v) is 6.90. The fraction of sp³-hybridized carbons (Fsp3) is 0.462. The van der Waals surface area contributed by atoms with Gasteiger partial charge in [-0.1, -0.05) is 6.07 Å². The molecule has 0 bridgehead atoms. The van der Waals surface area contributed by atoms with Gasteiger partial charge in [-0.05, 0) is 26.0 Å². The third-order valence-corrected chi connectivity index (χ3v) is 4.21. The lowest BCUT2D eigenvalue weighted by Crippen LogP contribution is -2.41. The number of Topliss-reactive ketones (excluding diaryl/α,β-unsaturated/α-hetero) is 1. The van der Waals surface area contributed by atoms with E-state index < -0.39 is 0 Å². The number of hydrogen-bond acceptors (Lipinski definition) is 3. The number of rotatable bonds is 2. The van der Waals surface area contributed by atoms with E-state index in [1.54, 1.807) is 12.1 Å². The molecule has 1 fully saturated rings. The van der Waals surface area contributed by atoms with E-state index in [-0.39, 0.29) is 17.6 Å². The average molecular weight is 253 g/mol. The van der Waals surface area contributed by atoms with Gasteiger partial charge in [0.25, 0.3) is 0 Å². The first-order valence-electron chi connectivity index (χ1n) is 5.75. The maximum absolute atomic E-state index is 14.0. The molecule has 1 atom stereocenters. The molecule has 0 spiro atoms. The number of para-hydroxylation sites is 1. The predicted octanol–water partition coefficient (Wildman–Crippen LogP) is 2.97. The maximum Gasteiger partial charge on any atom is 0.161 e. The van der Waals surface area contributed by atoms with E-state index in [2.05, 4.69) is 6.92 Å². The van der Waals surface area contributed by atoms with Crippen LogP contribution in [0.25, 0.3) is 0 Å². The van der Waals surface area contributed by atoms with Gasteiger partial charge in [0.15, 0.2) is 5.78 Å². The van der Waals surface area contributed by atoms with Gasteiger partial charge in [0, 0.05) is 29.7 Å². The van der Waals surface area contributed by atoms with Crippen LogP contribution in [-0.4, -0.2) is 29.9 Å². The molecule has 1 aliphatic heterocycles. The monoisotopic (exact) mass is 253 g/mol. The topological polar surface area (TPSA) is 20.3 Å². The molecule has 1 aromatic carbocycles. The molecule has 92 valence electrons. The number of halogens is 1. The largest absolute Gasteiger partial charge is 0.364 e. The van der Waals surface area contributed by atoms with Crippen molar-refractivity contribution < 1.29 is 9.18 Å². The van der Waals surface area contributed by atoms with Gasteiger partial charge in [0.05, 0.1) is 5.69 Å². The van der Waals surface area contributed by atoms with E-state index in [0.717, 1.165) is 18.1 Å². The molecule has 0 saturated carbocycles. The van der Waals surface area contributed by atoms with Crippen LogP contribution < -0.4 is 4.90 Å². The Balaban J connectivity index is 2.45. The number of ketones is 1. The zero-order valence-electron chi connectivity index (χ0n) is 10.1. The molecule has 0 aromatic heterocycles. The summed E-state index contributed by atoms with van der Waals surface area (Å²) in [6, 6.07) is 4.99. The standard InChI is InChI=1S/C13H16FNOS/c1-9-8-17-7-6-15(9)13-11(10(2)16)4-3-5-12(13)14/h3-5,9H,6-8H2,1-2H3. The summed E-state index contributed by atoms with van der Waals surface area (Å²) in [5.74, 6) is 1.59. The van der Waals surface area contributed by atoms with Crippen LogP contribution in [0, 0.1) is 5.82 Å². The molecule has 0 radical (unpaired) electrons. The number of thioether (sulfide) groups is 1. The number of carbonyl (C=O) groups is 1. The third kappa shape index (κ3) is 2.46. The lowest BCUT2D eigenvalue weighted by Gasteiger charge is -2.36. The summed E-state index contributed by atoms with van der Waals surface area (Å²) in [5, 5.41) is 0. The molecule has 0 aliphatic carbocycles. The molecule has 4 heteroatoms. The third-order valence-electron chi connectivity index (χ3n) is 3.02. The number of nitrogens with zero attached hydrogens (tertiary/aromatic N) is 1. The van der Waals surface area contributed by atoms with Crippen LogP contribution in [0.3, 0.4) is 0 Å². The van der Waals surface area contributed by atoms with Crippen LogP contribution in [0.4, 0.5) is 10.1 Å². The van der Waals surface area contributed by atoms with Crippen molar-refractivity contribution in [2.45, 2.75) is 19.9 Å². The zero-order chi connectivity index (χ0) is 12.4. The minimum absolute atomic E-state index is 0.0788. The lowest BCUT2D eigenvalue weighted by atomic mass is 10.1. The molecular weight excluding hydrogens is 237 g/mol. The Morgan fingerprint density at radius 2 is 2.29 bits per heavy atom. The van der Waals surface area contributed by atoms with Gasteiger partial charge < -0.3 is 4.90 Å². The highest BCUT2D eigenvalue weighted by atomic mass is 32.2. The summed E-state index contributed by atoms with van der Waals surface area (Å²) in [6.07, 6.45) is 0. The Bertz CT molecular complexity index is 435. The fourth-order valence-electron chi connectivity index (χ4n) is 2.15. The van der Waals surface area contributed by atoms with Crippen molar-refractivity contribution in [3.05, 3.63) is 29.6 Å². The van der Waals surface area contributed by atoms with Crippen molar-refractivity contribution in [1.29, 1.82) is 0 Å². The minimum atomic E-state index is -0.295. The molecule has 1 heterocycles. The van der Waals surface area contributed by atoms with Crippen molar-refractivity contribution >= 4 is 23.2 Å². The first kappa shape index (κ1) is 12.4. The molecule has 1 aliphatic rings. The van der Waals surface area contributed by atoms with Gasteiger partial charge in [-0.3, -0.25) is 4.79 Å². The van der Waals surface area contributed by atoms with E-state index in [1.165, 1.54) is 13.0 Å². The Morgan fingerprint density at radius 1 is 1.53 bits per heavy atom. The summed E-state index contributed by atoms with van der Waals surface area (Å²) in [7, 11) is 0. The second kappa shape index (κ2) is 5.08. The molecule has 17 heavy (non-hydrogen) atoms. The van der Waals surface area contributed by atoms with Crippen LogP contribution in [0.15, 0.2) is 18.2 Å². The Kier molecular flexibility index (Phi) is 3.72. The molecule has 1 aromatic rings. The molecule has 0 amide bonds. The summed E-state index contributed by atoms with van der Waals surface area (Å²) in [6.45, 7) is 4.36. The van der Waals surface area contributed by atoms with Gasteiger partial charge in [0.1, 0.15) is 5.82 Å². The molecule has 2 rings (SSSR count). The van der Waals surface area contributed by atoms with Crippen LogP contribution >= 0.6 is 11.8 Å². The lowest BCUT2D eigenvalue weighted by molar-refractivity contribution is 0.101. The van der Waals surface area contributed by atoms with Crippen LogP contribution in [-0.2, 0) is 0 Å². The smallest absolute Gasteiger partial charge is 0.161 e. The van der Waals surface area contributed by atoms with E-state index in [4.69, 9.17) is 0 Å². The Morgan fingerprint density at radius 3 is 2.94 bits per heavy atom. The van der Waals surface area contributed by atoms with E-state index >= 15 is 0 Å². The second-order valence-corrected chi connectivity index (χ2v) is 5.46. The zero-order valence-corrected chi connectivity index (χ0v) is 10.9. The van der Waals surface area contributed by atoms with Crippen LogP contribution in [0.5, 0.6) is 0 Å². The fourth-order valence-corrected chi connectivity index (χ4v) is 3.16. The van der Waals surface area contributed by atoms with Gasteiger partial charge in [-0.25, -0.2) is 4.39 Å². The van der Waals surface area contributed by atoms with Gasteiger partial charge in [0.2, 0.25) is 0 Å². The van der Waals surface area contributed by atoms with Crippen molar-refractivity contribution in [3.63, 3.8) is 0 Å². The van der Waals surface area contributed by atoms with E-state index in [1.807, 2.05) is 16.7 Å². The SMILES string of the molecule is CC(=O)c1cccc(F)c1N1CCSCC1C. The van der Waals surface area contributed by atoms with E-state index in [0.29, 0.717) is 11.3 Å². The summed E-state index contributed by atoms with van der Waals surface area (Å²) < 4.78 is 14.0. The van der Waals surface area contributed by atoms with Crippen molar-refractivity contribution in [3.8, 4) is 0 Å². The van der Waals surface area contributed by atoms with Crippen molar-refractivity contribution in [1.82, 2.24) is 0 Å². The molecular formula is C13H16FNOS. The Labute approximate surface area is 105 Å². The number of anilines is 1. The molecule has 0 N–H and O–H groups in total. The summed E-state index contributed by atoms with van der Waals surface area (Å²) >= 11 is 1.87. The number of benzene rings is 1. The molecule has 1 saturated heterocycles. The first-order chi connectivity index (χ1) is 8.11. The number of carbonyl (C=O) groups excluding carboxylic acids is 1. The van der Waals surface area contributed by atoms with E-state index in [9.17, 15) is 9.18 Å². The van der Waals surface area contributed by atoms with Gasteiger partial charge in [-0.2, -0.15) is 11.8 Å². The summed E-state index contributed by atoms with van der Waals surface area (Å²) in [4.78, 5) is 13.6. The highest BCUT2D eigenvalue weighted by Crippen LogP contribution is 2.30.